The van der Waals surface area contributed by atoms with Crippen molar-refractivity contribution in [1.29, 1.82) is 0 Å². The minimum atomic E-state index is 0.273. The maximum Gasteiger partial charge on any atom is 0.121 e. The van der Waals surface area contributed by atoms with Gasteiger partial charge < -0.3 is 15.0 Å². The van der Waals surface area contributed by atoms with Crippen LogP contribution in [0.2, 0.25) is 0 Å². The molecule has 21 heavy (non-hydrogen) atoms. The van der Waals surface area contributed by atoms with Crippen LogP contribution in [0.3, 0.4) is 0 Å². The van der Waals surface area contributed by atoms with Crippen LogP contribution in [-0.4, -0.2) is 36.2 Å². The normalized spacial score (nSPS) is 18.7. The molecule has 0 saturated carbocycles. The van der Waals surface area contributed by atoms with Gasteiger partial charge in [0.25, 0.3) is 0 Å². The molecule has 1 atom stereocenters. The summed E-state index contributed by atoms with van der Waals surface area (Å²) in [5.74, 6) is 0.967. The molecule has 0 aromatic heterocycles. The predicted molar refractivity (Wildman–Crippen MR) is 90.2 cm³/mol. The Labute approximate surface area is 129 Å². The molecule has 1 N–H and O–H groups in total. The Morgan fingerprint density at radius 3 is 2.57 bits per heavy atom. The van der Waals surface area contributed by atoms with Gasteiger partial charge in [0, 0.05) is 36.9 Å². The molecule has 1 aromatic carbocycles. The van der Waals surface area contributed by atoms with Gasteiger partial charge in [-0.15, -0.1) is 0 Å². The lowest BCUT2D eigenvalue weighted by atomic mass is 10.0. The van der Waals surface area contributed by atoms with Crippen LogP contribution >= 0.6 is 0 Å². The van der Waals surface area contributed by atoms with Crippen molar-refractivity contribution in [2.24, 2.45) is 0 Å². The molecule has 2 rings (SSSR count). The summed E-state index contributed by atoms with van der Waals surface area (Å²) in [6.07, 6.45) is 3.74. The first-order valence-corrected chi connectivity index (χ1v) is 8.35. The zero-order valence-electron chi connectivity index (χ0n) is 13.9. The van der Waals surface area contributed by atoms with E-state index in [4.69, 9.17) is 4.74 Å². The monoisotopic (exact) mass is 290 g/mol. The second kappa shape index (κ2) is 7.69. The van der Waals surface area contributed by atoms with Crippen LogP contribution in [0.4, 0.5) is 5.69 Å². The molecule has 0 amide bonds. The summed E-state index contributed by atoms with van der Waals surface area (Å²) < 4.78 is 5.89. The maximum atomic E-state index is 5.89. The highest BCUT2D eigenvalue weighted by Gasteiger charge is 2.20. The molecule has 1 aliphatic heterocycles. The number of benzene rings is 1. The fourth-order valence-corrected chi connectivity index (χ4v) is 2.77. The SMILES string of the molecule is CCC(C)Oc1cccc(NC2CCN(C(C)C)CC2)c1. The van der Waals surface area contributed by atoms with Gasteiger partial charge in [0.1, 0.15) is 5.75 Å². The van der Waals surface area contributed by atoms with Crippen LogP contribution in [-0.2, 0) is 0 Å². The van der Waals surface area contributed by atoms with E-state index in [1.165, 1.54) is 31.6 Å². The second-order valence-corrected chi connectivity index (χ2v) is 6.41. The smallest absolute Gasteiger partial charge is 0.121 e. The van der Waals surface area contributed by atoms with Gasteiger partial charge in [-0.3, -0.25) is 0 Å². The molecule has 1 aliphatic rings. The summed E-state index contributed by atoms with van der Waals surface area (Å²) in [5, 5.41) is 3.67. The Morgan fingerprint density at radius 1 is 1.24 bits per heavy atom. The Balaban J connectivity index is 1.87. The van der Waals surface area contributed by atoms with Gasteiger partial charge in [-0.1, -0.05) is 13.0 Å². The van der Waals surface area contributed by atoms with Gasteiger partial charge in [-0.05, 0) is 52.2 Å². The molecular formula is C18H30N2O. The van der Waals surface area contributed by atoms with Crippen LogP contribution < -0.4 is 10.1 Å². The largest absolute Gasteiger partial charge is 0.491 e. The third kappa shape index (κ3) is 4.92. The van der Waals surface area contributed by atoms with Crippen molar-refractivity contribution in [3.05, 3.63) is 24.3 Å². The predicted octanol–water partition coefficient (Wildman–Crippen LogP) is 4.15. The first-order chi connectivity index (χ1) is 10.1. The van der Waals surface area contributed by atoms with Gasteiger partial charge >= 0.3 is 0 Å². The molecule has 0 spiro atoms. The lowest BCUT2D eigenvalue weighted by Gasteiger charge is -2.35. The van der Waals surface area contributed by atoms with Crippen molar-refractivity contribution in [2.75, 3.05) is 18.4 Å². The molecule has 1 fully saturated rings. The van der Waals surface area contributed by atoms with E-state index in [-0.39, 0.29) is 6.10 Å². The number of likely N-dealkylation sites (tertiary alicyclic amines) is 1. The van der Waals surface area contributed by atoms with Crippen molar-refractivity contribution in [2.45, 2.75) is 65.1 Å². The van der Waals surface area contributed by atoms with E-state index in [1.54, 1.807) is 0 Å². The van der Waals surface area contributed by atoms with Gasteiger partial charge in [0.05, 0.1) is 6.10 Å². The van der Waals surface area contributed by atoms with Crippen LogP contribution in [0.1, 0.15) is 47.0 Å². The third-order valence-electron chi connectivity index (χ3n) is 4.38. The number of hydrogen-bond donors (Lipinski definition) is 1. The molecule has 1 heterocycles. The van der Waals surface area contributed by atoms with E-state index in [9.17, 15) is 0 Å². The molecule has 1 unspecified atom stereocenters. The van der Waals surface area contributed by atoms with E-state index in [0.717, 1.165) is 12.2 Å². The zero-order chi connectivity index (χ0) is 15.2. The number of piperidine rings is 1. The topological polar surface area (TPSA) is 24.5 Å². The number of hydrogen-bond acceptors (Lipinski definition) is 3. The number of anilines is 1. The summed E-state index contributed by atoms with van der Waals surface area (Å²) in [5.41, 5.74) is 1.18. The van der Waals surface area contributed by atoms with E-state index in [1.807, 2.05) is 6.07 Å². The highest BCUT2D eigenvalue weighted by Crippen LogP contribution is 2.22. The van der Waals surface area contributed by atoms with Gasteiger partial charge in [0.15, 0.2) is 0 Å². The number of ether oxygens (including phenoxy) is 1. The van der Waals surface area contributed by atoms with Crippen LogP contribution in [0.5, 0.6) is 5.75 Å². The molecule has 1 aromatic rings. The van der Waals surface area contributed by atoms with Gasteiger partial charge in [-0.25, -0.2) is 0 Å². The lowest BCUT2D eigenvalue weighted by molar-refractivity contribution is 0.177. The van der Waals surface area contributed by atoms with E-state index in [2.05, 4.69) is 56.1 Å². The van der Waals surface area contributed by atoms with Crippen molar-refractivity contribution < 1.29 is 4.74 Å². The molecule has 0 aliphatic carbocycles. The molecule has 0 bridgehead atoms. The molecule has 3 heteroatoms. The lowest BCUT2D eigenvalue weighted by Crippen LogP contribution is -2.42. The fourth-order valence-electron chi connectivity index (χ4n) is 2.77. The minimum Gasteiger partial charge on any atom is -0.491 e. The summed E-state index contributed by atoms with van der Waals surface area (Å²) >= 11 is 0. The van der Waals surface area contributed by atoms with Crippen LogP contribution in [0.25, 0.3) is 0 Å². The molecule has 118 valence electrons. The van der Waals surface area contributed by atoms with Crippen molar-refractivity contribution in [1.82, 2.24) is 4.90 Å². The third-order valence-corrected chi connectivity index (χ3v) is 4.38. The van der Waals surface area contributed by atoms with E-state index < -0.39 is 0 Å². The molecule has 0 radical (unpaired) electrons. The average molecular weight is 290 g/mol. The Hall–Kier alpha value is -1.22. The Bertz CT molecular complexity index is 425. The van der Waals surface area contributed by atoms with Crippen molar-refractivity contribution >= 4 is 5.69 Å². The quantitative estimate of drug-likeness (QED) is 0.852. The average Bonchev–Trinajstić information content (AvgIpc) is 2.48. The van der Waals surface area contributed by atoms with Crippen molar-refractivity contribution in [3.8, 4) is 5.75 Å². The van der Waals surface area contributed by atoms with Gasteiger partial charge in [-0.2, -0.15) is 0 Å². The number of rotatable bonds is 6. The number of nitrogens with one attached hydrogen (secondary N) is 1. The summed E-state index contributed by atoms with van der Waals surface area (Å²) in [7, 11) is 0. The van der Waals surface area contributed by atoms with Gasteiger partial charge in [0.2, 0.25) is 0 Å². The van der Waals surface area contributed by atoms with E-state index in [0.29, 0.717) is 12.1 Å². The molecule has 1 saturated heterocycles. The van der Waals surface area contributed by atoms with Crippen LogP contribution in [0, 0.1) is 0 Å². The summed E-state index contributed by atoms with van der Waals surface area (Å²) in [6.45, 7) is 11.2. The second-order valence-electron chi connectivity index (χ2n) is 6.41. The summed E-state index contributed by atoms with van der Waals surface area (Å²) in [6, 6.07) is 9.62. The van der Waals surface area contributed by atoms with E-state index >= 15 is 0 Å². The standard InChI is InChI=1S/C18H30N2O/c1-5-15(4)21-18-8-6-7-17(13-18)19-16-9-11-20(12-10-16)14(2)3/h6-8,13-16,19H,5,9-12H2,1-4H3. The maximum absolute atomic E-state index is 5.89. The molecule has 3 nitrogen and oxygen atoms in total. The Morgan fingerprint density at radius 2 is 1.95 bits per heavy atom. The zero-order valence-corrected chi connectivity index (χ0v) is 13.9. The van der Waals surface area contributed by atoms with Crippen LogP contribution in [0.15, 0.2) is 24.3 Å². The molecular weight excluding hydrogens is 260 g/mol. The number of nitrogens with zero attached hydrogens (tertiary/aromatic N) is 1. The minimum absolute atomic E-state index is 0.273. The van der Waals surface area contributed by atoms with Crippen molar-refractivity contribution in [3.63, 3.8) is 0 Å². The first kappa shape index (κ1) is 16.2. The summed E-state index contributed by atoms with van der Waals surface area (Å²) in [4.78, 5) is 2.56. The fraction of sp³-hybridized carbons (Fsp3) is 0.667. The highest BCUT2D eigenvalue weighted by atomic mass is 16.5. The highest BCUT2D eigenvalue weighted by molar-refractivity contribution is 5.49. The first-order valence-electron chi connectivity index (χ1n) is 8.35. The Kier molecular flexibility index (Phi) is 5.92.